The molecule has 9 nitrogen and oxygen atoms in total. The third-order valence-corrected chi connectivity index (χ3v) is 8.19. The van der Waals surface area contributed by atoms with Gasteiger partial charge in [0, 0.05) is 31.6 Å². The fraction of sp³-hybridized carbons (Fsp3) is 0.773. The zero-order chi connectivity index (χ0) is 24.9. The zero-order valence-corrected chi connectivity index (χ0v) is 20.5. The molecule has 2 N–H and O–H groups in total. The van der Waals surface area contributed by atoms with E-state index < -0.39 is 28.0 Å². The van der Waals surface area contributed by atoms with Gasteiger partial charge < -0.3 is 15.2 Å². The Morgan fingerprint density at radius 1 is 1.32 bits per heavy atom. The van der Waals surface area contributed by atoms with Crippen molar-refractivity contribution in [2.24, 2.45) is 0 Å². The number of aryl methyl sites for hydroxylation is 1. The van der Waals surface area contributed by atoms with Crippen molar-refractivity contribution in [1.82, 2.24) is 19.6 Å². The van der Waals surface area contributed by atoms with Crippen LogP contribution in [0.2, 0.25) is 0 Å². The summed E-state index contributed by atoms with van der Waals surface area (Å²) in [7, 11) is -4.19. The molecule has 12 heteroatoms. The summed E-state index contributed by atoms with van der Waals surface area (Å²) in [5.74, 6) is -3.84. The van der Waals surface area contributed by atoms with Crippen molar-refractivity contribution < 1.29 is 31.8 Å². The first-order valence-corrected chi connectivity index (χ1v) is 13.3. The summed E-state index contributed by atoms with van der Waals surface area (Å²) >= 11 is 0. The zero-order valence-electron chi connectivity index (χ0n) is 19.7. The standard InChI is InChI=1S/C22H34F2N4O5S/c1-15-14-26-20(34(31,32)28-13-5-7-18(28)21(29)30)19(27-15)33-16(2)6-3-4-12-25-17-8-10-22(23,24)11-9-17/h14,16-18,25H,3-13H2,1-2H3,(H,29,30)/t16-,18+/m1/s1. The van der Waals surface area contributed by atoms with Gasteiger partial charge in [-0.05, 0) is 65.3 Å². The molecule has 0 bridgehead atoms. The number of ether oxygens (including phenoxy) is 1. The van der Waals surface area contributed by atoms with Crippen LogP contribution >= 0.6 is 0 Å². The lowest BCUT2D eigenvalue weighted by Crippen LogP contribution is -2.41. The normalized spacial score (nSPS) is 22.5. The Hall–Kier alpha value is -1.92. The highest BCUT2D eigenvalue weighted by atomic mass is 32.2. The predicted octanol–water partition coefficient (Wildman–Crippen LogP) is 3.13. The van der Waals surface area contributed by atoms with E-state index in [0.29, 0.717) is 31.4 Å². The number of alkyl halides is 2. The highest BCUT2D eigenvalue weighted by molar-refractivity contribution is 7.89. The number of hydrogen-bond acceptors (Lipinski definition) is 7. The van der Waals surface area contributed by atoms with Crippen LogP contribution in [0.15, 0.2) is 11.2 Å². The average molecular weight is 505 g/mol. The molecule has 1 aromatic rings. The third-order valence-electron chi connectivity index (χ3n) is 6.37. The smallest absolute Gasteiger partial charge is 0.322 e. The highest BCUT2D eigenvalue weighted by Crippen LogP contribution is 2.33. The maximum Gasteiger partial charge on any atom is 0.322 e. The first-order chi connectivity index (χ1) is 16.0. The van der Waals surface area contributed by atoms with Crippen molar-refractivity contribution in [2.75, 3.05) is 13.1 Å². The molecule has 2 fully saturated rings. The van der Waals surface area contributed by atoms with Crippen LogP contribution < -0.4 is 10.1 Å². The number of rotatable bonds is 11. The van der Waals surface area contributed by atoms with Gasteiger partial charge in [0.05, 0.1) is 11.8 Å². The van der Waals surface area contributed by atoms with Gasteiger partial charge >= 0.3 is 5.97 Å². The van der Waals surface area contributed by atoms with Crippen molar-refractivity contribution in [3.63, 3.8) is 0 Å². The monoisotopic (exact) mass is 504 g/mol. The number of carboxylic acids is 1. The number of aromatic nitrogens is 2. The number of sulfonamides is 1. The van der Waals surface area contributed by atoms with Gasteiger partial charge in [0.15, 0.2) is 0 Å². The predicted molar refractivity (Wildman–Crippen MR) is 120 cm³/mol. The Morgan fingerprint density at radius 3 is 2.71 bits per heavy atom. The minimum Gasteiger partial charge on any atom is -0.480 e. The SMILES string of the molecule is Cc1cnc(S(=O)(=O)N2CCC[C@H]2C(=O)O)c(O[C@H](C)CCCCNC2CCC(F)(F)CC2)n1. The van der Waals surface area contributed by atoms with Gasteiger partial charge in [-0.2, -0.15) is 4.31 Å². The maximum atomic E-state index is 13.2. The fourth-order valence-corrected chi connectivity index (χ4v) is 6.06. The summed E-state index contributed by atoms with van der Waals surface area (Å²) in [6.45, 7) is 4.31. The molecule has 2 atom stereocenters. The van der Waals surface area contributed by atoms with Crippen LogP contribution in [0.25, 0.3) is 0 Å². The average Bonchev–Trinajstić information content (AvgIpc) is 3.26. The summed E-state index contributed by atoms with van der Waals surface area (Å²) in [6.07, 6.45) is 4.79. The molecule has 1 aliphatic heterocycles. The van der Waals surface area contributed by atoms with Gasteiger partial charge in [-0.15, -0.1) is 0 Å². The number of carbonyl (C=O) groups is 1. The van der Waals surface area contributed by atoms with E-state index in [-0.39, 0.29) is 48.9 Å². The molecule has 1 aromatic heterocycles. The molecule has 1 saturated carbocycles. The fourth-order valence-electron chi connectivity index (χ4n) is 4.44. The van der Waals surface area contributed by atoms with Gasteiger partial charge in [0.2, 0.25) is 10.9 Å². The van der Waals surface area contributed by atoms with Crippen LogP contribution in [-0.2, 0) is 14.8 Å². The van der Waals surface area contributed by atoms with E-state index in [0.717, 1.165) is 23.7 Å². The van der Waals surface area contributed by atoms with Gasteiger partial charge in [-0.25, -0.2) is 27.2 Å². The molecule has 0 aromatic carbocycles. The van der Waals surface area contributed by atoms with Crippen molar-refractivity contribution >= 4 is 16.0 Å². The Kier molecular flexibility index (Phi) is 8.80. The van der Waals surface area contributed by atoms with Crippen molar-refractivity contribution in [3.8, 4) is 5.88 Å². The van der Waals surface area contributed by atoms with E-state index in [1.165, 1.54) is 6.20 Å². The van der Waals surface area contributed by atoms with E-state index in [1.54, 1.807) is 6.92 Å². The largest absolute Gasteiger partial charge is 0.480 e. The molecule has 0 spiro atoms. The molecule has 0 unspecified atom stereocenters. The number of hydrogen-bond donors (Lipinski definition) is 2. The van der Waals surface area contributed by atoms with Crippen LogP contribution in [0, 0.1) is 6.92 Å². The number of unbranched alkanes of at least 4 members (excludes halogenated alkanes) is 1. The second kappa shape index (κ2) is 11.2. The lowest BCUT2D eigenvalue weighted by atomic mass is 9.92. The molecule has 1 saturated heterocycles. The second-order valence-electron chi connectivity index (χ2n) is 9.24. The Labute approximate surface area is 199 Å². The van der Waals surface area contributed by atoms with Crippen LogP contribution in [-0.4, -0.2) is 71.0 Å². The van der Waals surface area contributed by atoms with Crippen LogP contribution in [0.3, 0.4) is 0 Å². The molecule has 3 rings (SSSR count). The van der Waals surface area contributed by atoms with E-state index in [4.69, 9.17) is 4.74 Å². The summed E-state index contributed by atoms with van der Waals surface area (Å²) < 4.78 is 59.6. The van der Waals surface area contributed by atoms with Crippen molar-refractivity contribution in [3.05, 3.63) is 11.9 Å². The molecular weight excluding hydrogens is 470 g/mol. The summed E-state index contributed by atoms with van der Waals surface area (Å²) in [4.78, 5) is 19.8. The quantitative estimate of drug-likeness (QED) is 0.441. The van der Waals surface area contributed by atoms with E-state index in [1.807, 2.05) is 6.92 Å². The van der Waals surface area contributed by atoms with E-state index >= 15 is 0 Å². The van der Waals surface area contributed by atoms with Crippen molar-refractivity contribution in [1.29, 1.82) is 0 Å². The number of carboxylic acid groups (broad SMARTS) is 1. The number of nitrogens with zero attached hydrogens (tertiary/aromatic N) is 3. The van der Waals surface area contributed by atoms with Crippen LogP contribution in [0.4, 0.5) is 8.78 Å². The minimum atomic E-state index is -4.19. The Bertz CT molecular complexity index is 953. The third kappa shape index (κ3) is 6.82. The Morgan fingerprint density at radius 2 is 2.03 bits per heavy atom. The van der Waals surface area contributed by atoms with Crippen molar-refractivity contribution in [2.45, 2.75) is 101 Å². The van der Waals surface area contributed by atoms with E-state index in [2.05, 4.69) is 15.3 Å². The molecule has 2 aliphatic rings. The topological polar surface area (TPSA) is 122 Å². The molecule has 0 radical (unpaired) electrons. The lowest BCUT2D eigenvalue weighted by Gasteiger charge is -2.29. The number of nitrogens with one attached hydrogen (secondary N) is 1. The first kappa shape index (κ1) is 26.7. The molecule has 1 aliphatic carbocycles. The number of halogens is 2. The van der Waals surface area contributed by atoms with E-state index in [9.17, 15) is 27.1 Å². The second-order valence-corrected chi connectivity index (χ2v) is 11.0. The maximum absolute atomic E-state index is 13.2. The summed E-state index contributed by atoms with van der Waals surface area (Å²) in [6, 6.07) is -0.995. The lowest BCUT2D eigenvalue weighted by molar-refractivity contribution is -0.140. The molecular formula is C22H34F2N4O5S. The minimum absolute atomic E-state index is 0.0665. The van der Waals surface area contributed by atoms with Gasteiger partial charge in [0.1, 0.15) is 6.04 Å². The summed E-state index contributed by atoms with van der Waals surface area (Å²) in [5.41, 5.74) is 0.486. The first-order valence-electron chi connectivity index (χ1n) is 11.9. The van der Waals surface area contributed by atoms with Crippen LogP contribution in [0.5, 0.6) is 5.88 Å². The summed E-state index contributed by atoms with van der Waals surface area (Å²) in [5, 5.41) is 12.4. The molecule has 0 amide bonds. The van der Waals surface area contributed by atoms with Gasteiger partial charge in [-0.1, -0.05) is 0 Å². The number of aliphatic carboxylic acids is 1. The van der Waals surface area contributed by atoms with Crippen LogP contribution in [0.1, 0.15) is 70.4 Å². The Balaban J connectivity index is 1.53. The van der Waals surface area contributed by atoms with Gasteiger partial charge in [-0.3, -0.25) is 4.79 Å². The molecule has 2 heterocycles. The molecule has 192 valence electrons. The molecule has 34 heavy (non-hydrogen) atoms. The highest BCUT2D eigenvalue weighted by Gasteiger charge is 2.42. The van der Waals surface area contributed by atoms with Gasteiger partial charge in [0.25, 0.3) is 15.9 Å².